The minimum atomic E-state index is -2.38. The molecule has 2 aliphatic rings. The van der Waals surface area contributed by atoms with Gasteiger partial charge in [0.2, 0.25) is 5.79 Å². The molecule has 0 aromatic heterocycles. The molecular weight excluding hydrogens is 556 g/mol. The van der Waals surface area contributed by atoms with Gasteiger partial charge in [0, 0.05) is 13.0 Å². The molecule has 19 nitrogen and oxygen atoms in total. The Labute approximate surface area is 227 Å². The third-order valence-corrected chi connectivity index (χ3v) is 5.72. The van der Waals surface area contributed by atoms with Gasteiger partial charge in [0.15, 0.2) is 6.29 Å². The molecule has 0 spiro atoms. The molecule has 0 radical (unpaired) electrons. The van der Waals surface area contributed by atoms with Crippen LogP contribution in [0.25, 0.3) is 0 Å². The Balaban J connectivity index is 0.000000738. The zero-order valence-electron chi connectivity index (χ0n) is 21.3. The number of aliphatic carboxylic acids is 1. The molecule has 19 heteroatoms. The first kappa shape index (κ1) is 38.8. The number of ether oxygens (including phenoxy) is 3. The van der Waals surface area contributed by atoms with Gasteiger partial charge in [-0.2, -0.15) is 0 Å². The second-order valence-electron chi connectivity index (χ2n) is 8.84. The van der Waals surface area contributed by atoms with Gasteiger partial charge in [-0.25, -0.2) is 0 Å². The summed E-state index contributed by atoms with van der Waals surface area (Å²) in [4.78, 5) is 9.65. The topological polar surface area (TPSA) is 348 Å². The van der Waals surface area contributed by atoms with Crippen molar-refractivity contribution in [3.63, 3.8) is 0 Å². The molecule has 15 N–H and O–H groups in total. The van der Waals surface area contributed by atoms with E-state index < -0.39 is 112 Å². The first-order chi connectivity index (χ1) is 18.6. The van der Waals surface area contributed by atoms with Gasteiger partial charge in [-0.05, 0) is 6.42 Å². The lowest BCUT2D eigenvalue weighted by molar-refractivity contribution is -0.387. The van der Waals surface area contributed by atoms with Crippen molar-refractivity contribution in [3.05, 3.63) is 0 Å². The third kappa shape index (κ3) is 11.6. The van der Waals surface area contributed by atoms with Gasteiger partial charge in [0.25, 0.3) is 0 Å². The molecule has 1 unspecified atom stereocenters. The normalized spacial score (nSPS) is 36.2. The fraction of sp³-hybridized carbons (Fsp3) is 0.952. The highest BCUT2D eigenvalue weighted by Crippen LogP contribution is 2.31. The number of hydrogen-bond acceptors (Lipinski definition) is 18. The van der Waals surface area contributed by atoms with Crippen molar-refractivity contribution in [2.45, 2.75) is 86.0 Å². The summed E-state index contributed by atoms with van der Waals surface area (Å²) < 4.78 is 15.1. The molecule has 240 valence electrons. The average molecular weight is 599 g/mol. The Morgan fingerprint density at radius 1 is 0.875 bits per heavy atom. The molecule has 12 atom stereocenters. The third-order valence-electron chi connectivity index (χ3n) is 5.72. The summed E-state index contributed by atoms with van der Waals surface area (Å²) in [6.07, 6.45) is -16.7. The van der Waals surface area contributed by atoms with Crippen molar-refractivity contribution in [2.24, 2.45) is 0 Å². The molecule has 0 saturated carbocycles. The fourth-order valence-corrected chi connectivity index (χ4v) is 3.23. The van der Waals surface area contributed by atoms with Gasteiger partial charge < -0.3 is 90.8 Å². The van der Waals surface area contributed by atoms with Crippen molar-refractivity contribution in [1.29, 1.82) is 0 Å². The molecule has 2 heterocycles. The van der Waals surface area contributed by atoms with Crippen molar-refractivity contribution < 1.29 is 95.6 Å². The molecule has 0 amide bonds. The van der Waals surface area contributed by atoms with Crippen molar-refractivity contribution >= 4 is 5.97 Å². The zero-order chi connectivity index (χ0) is 31.2. The minimum absolute atomic E-state index is 0.0354. The summed E-state index contributed by atoms with van der Waals surface area (Å²) in [5.41, 5.74) is 0. The fourth-order valence-electron chi connectivity index (χ4n) is 3.23. The van der Waals surface area contributed by atoms with Gasteiger partial charge >= 0.3 is 5.97 Å². The van der Waals surface area contributed by atoms with Crippen LogP contribution in [0.15, 0.2) is 0 Å². The monoisotopic (exact) mass is 598 g/mol. The van der Waals surface area contributed by atoms with E-state index >= 15 is 0 Å². The van der Waals surface area contributed by atoms with Gasteiger partial charge in [-0.3, -0.25) is 4.79 Å². The van der Waals surface area contributed by atoms with E-state index in [0.29, 0.717) is 6.42 Å². The van der Waals surface area contributed by atoms with Gasteiger partial charge in [0.05, 0.1) is 33.0 Å². The number of aliphatic hydroxyl groups is 14. The average Bonchev–Trinajstić information content (AvgIpc) is 2.95. The minimum Gasteiger partial charge on any atom is -0.481 e. The quantitative estimate of drug-likeness (QED) is 0.105. The van der Waals surface area contributed by atoms with Crippen LogP contribution in [-0.4, -0.2) is 195 Å². The van der Waals surface area contributed by atoms with Crippen molar-refractivity contribution in [1.82, 2.24) is 0 Å². The molecule has 2 fully saturated rings. The van der Waals surface area contributed by atoms with Crippen LogP contribution < -0.4 is 0 Å². The Hall–Kier alpha value is -1.21. The second kappa shape index (κ2) is 19.1. The maximum Gasteiger partial charge on any atom is 0.303 e. The summed E-state index contributed by atoms with van der Waals surface area (Å²) in [5, 5.41) is 136. The van der Waals surface area contributed by atoms with Crippen molar-refractivity contribution in [3.8, 4) is 0 Å². The zero-order valence-corrected chi connectivity index (χ0v) is 21.3. The number of carboxylic acids is 1. The molecular formula is C21H42O19. The van der Waals surface area contributed by atoms with Crippen LogP contribution >= 0.6 is 0 Å². The Morgan fingerprint density at radius 3 is 1.82 bits per heavy atom. The Morgan fingerprint density at radius 2 is 1.43 bits per heavy atom. The molecule has 0 aliphatic carbocycles. The maximum atomic E-state index is 10.1. The lowest BCUT2D eigenvalue weighted by Gasteiger charge is -2.47. The van der Waals surface area contributed by atoms with Crippen LogP contribution in [0.1, 0.15) is 12.8 Å². The second-order valence-corrected chi connectivity index (χ2v) is 8.84. The van der Waals surface area contributed by atoms with Gasteiger partial charge in [0.1, 0.15) is 61.0 Å². The summed E-state index contributed by atoms with van der Waals surface area (Å²) >= 11 is 0. The number of rotatable bonds is 11. The van der Waals surface area contributed by atoms with Gasteiger partial charge in [-0.15, -0.1) is 0 Å². The van der Waals surface area contributed by atoms with Crippen LogP contribution in [0.3, 0.4) is 0 Å². The highest BCUT2D eigenvalue weighted by molar-refractivity contribution is 5.66. The van der Waals surface area contributed by atoms with E-state index in [1.807, 2.05) is 0 Å². The molecule has 0 aromatic rings. The first-order valence-corrected chi connectivity index (χ1v) is 12.0. The smallest absolute Gasteiger partial charge is 0.303 e. The summed E-state index contributed by atoms with van der Waals surface area (Å²) in [6, 6.07) is 0. The number of carboxylic acid groups (broad SMARTS) is 1. The molecule has 0 aromatic carbocycles. The van der Waals surface area contributed by atoms with Crippen LogP contribution in [0.4, 0.5) is 0 Å². The Bertz CT molecular complexity index is 674. The molecule has 0 bridgehead atoms. The molecule has 2 saturated heterocycles. The number of hydrogen-bond donors (Lipinski definition) is 15. The standard InChI is InChI=1S/C12H22O11.C5H12O5.C4H8O3/c13-1-5-7(17)8(18)9(19)11(22-5)23-10-6(16)4(15)2-21-12(10,20)3-14;6-1-3(8)5(10)4(9)2-7;5-3-1-2-4(6)7/h4-11,13-20H,1-3H2;3-10H,1-2H2;5H,1-3H2,(H,6,7)/t4-,5-,6-,7-,8+,9-,10+,11-,12+;3-,4+,5?;/m1../s1. The summed E-state index contributed by atoms with van der Waals surface area (Å²) in [7, 11) is 0. The highest BCUT2D eigenvalue weighted by atomic mass is 16.7. The van der Waals surface area contributed by atoms with Gasteiger partial charge in [-0.1, -0.05) is 0 Å². The van der Waals surface area contributed by atoms with Crippen LogP contribution in [-0.2, 0) is 19.0 Å². The van der Waals surface area contributed by atoms with Crippen molar-refractivity contribution in [2.75, 3.05) is 39.6 Å². The summed E-state index contributed by atoms with van der Waals surface area (Å²) in [6.45, 7) is -3.46. The first-order valence-electron chi connectivity index (χ1n) is 12.0. The van der Waals surface area contributed by atoms with E-state index in [9.17, 15) is 40.5 Å². The largest absolute Gasteiger partial charge is 0.481 e. The van der Waals surface area contributed by atoms with Crippen LogP contribution in [0.2, 0.25) is 0 Å². The van der Waals surface area contributed by atoms with E-state index in [4.69, 9.17) is 55.1 Å². The van der Waals surface area contributed by atoms with E-state index in [1.165, 1.54) is 0 Å². The maximum absolute atomic E-state index is 10.1. The van der Waals surface area contributed by atoms with E-state index in [1.54, 1.807) is 0 Å². The molecule has 40 heavy (non-hydrogen) atoms. The SMILES string of the molecule is O=C(O)CCCO.OC[C@@H](O)C(O)[C@@H](O)CO.OC[C@H]1O[C@H](O[C@H]2[C@H](O)[C@H](O)CO[C@@]2(O)CO)[C@H](O)[C@@H](O)[C@@H]1O. The van der Waals surface area contributed by atoms with E-state index in [0.717, 1.165) is 0 Å². The Kier molecular flexibility index (Phi) is 18.5. The lowest BCUT2D eigenvalue weighted by Crippen LogP contribution is -2.67. The summed E-state index contributed by atoms with van der Waals surface area (Å²) in [5.74, 6) is -3.23. The molecule has 2 rings (SSSR count). The number of aliphatic hydroxyl groups excluding tert-OH is 13. The number of carbonyl (C=O) groups is 1. The predicted octanol–water partition coefficient (Wildman–Crippen LogP) is -8.50. The van der Waals surface area contributed by atoms with Crippen LogP contribution in [0, 0.1) is 0 Å². The van der Waals surface area contributed by atoms with E-state index in [-0.39, 0.29) is 13.0 Å². The van der Waals surface area contributed by atoms with Crippen LogP contribution in [0.5, 0.6) is 0 Å². The molecule has 2 aliphatic heterocycles. The lowest BCUT2D eigenvalue weighted by atomic mass is 9.96. The van der Waals surface area contributed by atoms with E-state index in [2.05, 4.69) is 0 Å². The predicted molar refractivity (Wildman–Crippen MR) is 125 cm³/mol. The highest BCUT2D eigenvalue weighted by Gasteiger charge is 2.53.